The van der Waals surface area contributed by atoms with Crippen LogP contribution in [0, 0.1) is 5.41 Å². The molecule has 2 heterocycles. The minimum Gasteiger partial charge on any atom is -0.363 e. The molecule has 3 fully saturated rings. The minimum absolute atomic E-state index is 0.223. The van der Waals surface area contributed by atoms with E-state index < -0.39 is 0 Å². The number of nitrogens with zero attached hydrogens (tertiary/aromatic N) is 2. The lowest BCUT2D eigenvalue weighted by Gasteiger charge is -2.49. The van der Waals surface area contributed by atoms with Crippen LogP contribution >= 0.6 is 0 Å². The Labute approximate surface area is 153 Å². The Balaban J connectivity index is 1.45. The van der Waals surface area contributed by atoms with Crippen LogP contribution in [0.25, 0.3) is 0 Å². The fourth-order valence-electron chi connectivity index (χ4n) is 5.57. The predicted molar refractivity (Wildman–Crippen MR) is 102 cm³/mol. The number of benzene rings is 1. The summed E-state index contributed by atoms with van der Waals surface area (Å²) in [7, 11) is 4.53. The third-order valence-electron chi connectivity index (χ3n) is 7.34. The fraction of sp³-hybridized carbons (Fsp3) is 0.727. The monoisotopic (exact) mass is 342 g/mol. The van der Waals surface area contributed by atoms with Crippen molar-refractivity contribution in [3.63, 3.8) is 0 Å². The molecular weight excluding hydrogens is 308 g/mol. The Kier molecular flexibility index (Phi) is 4.91. The number of hydrogen-bond donors (Lipinski definition) is 0. The zero-order valence-corrected chi connectivity index (χ0v) is 16.0. The molecule has 138 valence electrons. The van der Waals surface area contributed by atoms with Gasteiger partial charge < -0.3 is 4.74 Å². The quantitative estimate of drug-likeness (QED) is 0.817. The van der Waals surface area contributed by atoms with E-state index in [9.17, 15) is 0 Å². The van der Waals surface area contributed by atoms with Gasteiger partial charge in [0.15, 0.2) is 0 Å². The number of hydrogen-bond acceptors (Lipinski definition) is 3. The van der Waals surface area contributed by atoms with Gasteiger partial charge in [0.25, 0.3) is 0 Å². The molecule has 1 unspecified atom stereocenters. The first kappa shape index (κ1) is 17.5. The van der Waals surface area contributed by atoms with E-state index in [2.05, 4.69) is 54.2 Å². The summed E-state index contributed by atoms with van der Waals surface area (Å²) < 4.78 is 6.06. The van der Waals surface area contributed by atoms with Gasteiger partial charge in [-0.05, 0) is 76.4 Å². The summed E-state index contributed by atoms with van der Waals surface area (Å²) in [5.74, 6) is 0. The van der Waals surface area contributed by atoms with Gasteiger partial charge >= 0.3 is 0 Å². The number of likely N-dealkylation sites (tertiary alicyclic amines) is 1. The third kappa shape index (κ3) is 3.27. The zero-order valence-electron chi connectivity index (χ0n) is 16.0. The van der Waals surface area contributed by atoms with E-state index in [1.54, 1.807) is 0 Å². The average Bonchev–Trinajstić information content (AvgIpc) is 3.08. The lowest BCUT2D eigenvalue weighted by molar-refractivity contribution is -0.0829. The average molecular weight is 343 g/mol. The van der Waals surface area contributed by atoms with Crippen LogP contribution in [0.5, 0.6) is 0 Å². The van der Waals surface area contributed by atoms with Gasteiger partial charge in [0, 0.05) is 25.2 Å². The van der Waals surface area contributed by atoms with Crippen LogP contribution < -0.4 is 0 Å². The number of rotatable bonds is 3. The van der Waals surface area contributed by atoms with Gasteiger partial charge in [0.05, 0.1) is 0 Å². The standard InChI is InChI=1S/C22H34N2O/c1-23(2)22(19-8-4-3-5-9-19)13-11-21(12-14-22)15-16-24(18-21)20-10-6-7-17-25-20/h3-5,8-9,20H,6-7,10-18H2,1-2H3. The van der Waals surface area contributed by atoms with Crippen molar-refractivity contribution in [2.24, 2.45) is 5.41 Å². The Morgan fingerprint density at radius 2 is 1.76 bits per heavy atom. The highest BCUT2D eigenvalue weighted by molar-refractivity contribution is 5.26. The molecule has 25 heavy (non-hydrogen) atoms. The van der Waals surface area contributed by atoms with Crippen LogP contribution in [-0.2, 0) is 10.3 Å². The molecule has 4 rings (SSSR count). The van der Waals surface area contributed by atoms with E-state index in [4.69, 9.17) is 4.74 Å². The van der Waals surface area contributed by atoms with Crippen LogP contribution in [0.4, 0.5) is 0 Å². The topological polar surface area (TPSA) is 15.7 Å². The maximum Gasteiger partial charge on any atom is 0.110 e. The summed E-state index contributed by atoms with van der Waals surface area (Å²) in [5, 5.41) is 0. The molecule has 3 nitrogen and oxygen atoms in total. The lowest BCUT2D eigenvalue weighted by Crippen LogP contribution is -2.48. The normalized spacial score (nSPS) is 37.0. The second kappa shape index (κ2) is 7.02. The maximum atomic E-state index is 6.06. The van der Waals surface area contributed by atoms with Gasteiger partial charge in [-0.3, -0.25) is 9.80 Å². The minimum atomic E-state index is 0.223. The molecule has 2 saturated heterocycles. The first-order chi connectivity index (χ1) is 12.1. The molecule has 1 spiro atoms. The van der Waals surface area contributed by atoms with Crippen molar-refractivity contribution in [3.05, 3.63) is 35.9 Å². The van der Waals surface area contributed by atoms with Crippen LogP contribution in [-0.4, -0.2) is 49.8 Å². The second-order valence-corrected chi connectivity index (χ2v) is 8.83. The van der Waals surface area contributed by atoms with Crippen molar-refractivity contribution < 1.29 is 4.74 Å². The summed E-state index contributed by atoms with van der Waals surface area (Å²) in [5.41, 5.74) is 2.26. The molecule has 1 aliphatic carbocycles. The molecule has 1 aromatic carbocycles. The van der Waals surface area contributed by atoms with Crippen molar-refractivity contribution in [1.82, 2.24) is 9.80 Å². The summed E-state index contributed by atoms with van der Waals surface area (Å²) in [6, 6.07) is 11.2. The second-order valence-electron chi connectivity index (χ2n) is 8.83. The highest BCUT2D eigenvalue weighted by Gasteiger charge is 2.48. The van der Waals surface area contributed by atoms with Gasteiger partial charge in [-0.1, -0.05) is 30.3 Å². The van der Waals surface area contributed by atoms with Crippen molar-refractivity contribution in [2.45, 2.75) is 63.1 Å². The van der Waals surface area contributed by atoms with E-state index in [-0.39, 0.29) is 5.54 Å². The Hall–Kier alpha value is -0.900. The highest BCUT2D eigenvalue weighted by Crippen LogP contribution is 2.52. The van der Waals surface area contributed by atoms with E-state index in [0.717, 1.165) is 6.61 Å². The molecule has 1 aromatic rings. The Morgan fingerprint density at radius 3 is 2.40 bits per heavy atom. The first-order valence-corrected chi connectivity index (χ1v) is 10.2. The predicted octanol–water partition coefficient (Wildman–Crippen LogP) is 4.24. The molecule has 0 amide bonds. The van der Waals surface area contributed by atoms with E-state index in [1.165, 1.54) is 70.0 Å². The van der Waals surface area contributed by atoms with Gasteiger partial charge in [-0.15, -0.1) is 0 Å². The summed E-state index contributed by atoms with van der Waals surface area (Å²) in [6.07, 6.45) is 10.9. The van der Waals surface area contributed by atoms with Crippen LogP contribution in [0.3, 0.4) is 0 Å². The molecule has 3 aliphatic rings. The van der Waals surface area contributed by atoms with Crippen LogP contribution in [0.1, 0.15) is 56.9 Å². The third-order valence-corrected chi connectivity index (χ3v) is 7.34. The lowest BCUT2D eigenvalue weighted by atomic mass is 9.64. The van der Waals surface area contributed by atoms with Gasteiger partial charge in [-0.2, -0.15) is 0 Å². The van der Waals surface area contributed by atoms with E-state index >= 15 is 0 Å². The smallest absolute Gasteiger partial charge is 0.110 e. The van der Waals surface area contributed by atoms with E-state index in [0.29, 0.717) is 11.6 Å². The summed E-state index contributed by atoms with van der Waals surface area (Å²) in [6.45, 7) is 3.47. The van der Waals surface area contributed by atoms with Gasteiger partial charge in [0.2, 0.25) is 0 Å². The molecule has 3 heteroatoms. The molecule has 0 radical (unpaired) electrons. The van der Waals surface area contributed by atoms with Gasteiger partial charge in [-0.25, -0.2) is 0 Å². The number of ether oxygens (including phenoxy) is 1. The van der Waals surface area contributed by atoms with Crippen molar-refractivity contribution in [3.8, 4) is 0 Å². The SMILES string of the molecule is CN(C)C1(c2ccccc2)CCC2(CCN(C3CCCCO3)C2)CC1. The van der Waals surface area contributed by atoms with Crippen molar-refractivity contribution >= 4 is 0 Å². The Bertz CT molecular complexity index is 557. The van der Waals surface area contributed by atoms with Crippen molar-refractivity contribution in [1.29, 1.82) is 0 Å². The summed E-state index contributed by atoms with van der Waals surface area (Å²) >= 11 is 0. The molecule has 0 N–H and O–H groups in total. The van der Waals surface area contributed by atoms with Crippen LogP contribution in [0.2, 0.25) is 0 Å². The molecule has 1 saturated carbocycles. The largest absolute Gasteiger partial charge is 0.363 e. The molecule has 0 aromatic heterocycles. The fourth-order valence-corrected chi connectivity index (χ4v) is 5.57. The van der Waals surface area contributed by atoms with E-state index in [1.807, 2.05) is 0 Å². The molecular formula is C22H34N2O. The Morgan fingerprint density at radius 1 is 1.00 bits per heavy atom. The van der Waals surface area contributed by atoms with Crippen LogP contribution in [0.15, 0.2) is 30.3 Å². The molecule has 1 atom stereocenters. The molecule has 2 aliphatic heterocycles. The van der Waals surface area contributed by atoms with Crippen molar-refractivity contribution in [2.75, 3.05) is 33.8 Å². The van der Waals surface area contributed by atoms with Gasteiger partial charge in [0.1, 0.15) is 6.23 Å². The summed E-state index contributed by atoms with van der Waals surface area (Å²) in [4.78, 5) is 5.14. The maximum absolute atomic E-state index is 6.06. The molecule has 0 bridgehead atoms. The highest BCUT2D eigenvalue weighted by atomic mass is 16.5. The zero-order chi connectivity index (χ0) is 17.3. The first-order valence-electron chi connectivity index (χ1n) is 10.2.